The molecule has 2 N–H and O–H groups in total. The van der Waals surface area contributed by atoms with Gasteiger partial charge in [-0.15, -0.1) is 0 Å². The summed E-state index contributed by atoms with van der Waals surface area (Å²) in [5.74, 6) is 0.195. The lowest BCUT2D eigenvalue weighted by molar-refractivity contribution is -0.120. The Balaban J connectivity index is 1.74. The molecule has 0 atom stereocenters. The van der Waals surface area contributed by atoms with Crippen LogP contribution in [0.15, 0.2) is 59.4 Å². The van der Waals surface area contributed by atoms with Crippen molar-refractivity contribution in [3.63, 3.8) is 0 Å². The summed E-state index contributed by atoms with van der Waals surface area (Å²) in [6, 6.07) is 17.8. The topological polar surface area (TPSA) is 76.0 Å². The highest BCUT2D eigenvalue weighted by Gasteiger charge is 2.44. The van der Waals surface area contributed by atoms with Crippen LogP contribution in [0.4, 0.5) is 5.95 Å². The molecule has 1 heterocycles. The number of carbonyl (C=O) groups excluding carboxylic acids is 1. The van der Waals surface area contributed by atoms with E-state index in [4.69, 9.17) is 4.98 Å². The van der Waals surface area contributed by atoms with Crippen LogP contribution >= 0.6 is 0 Å². The molecule has 2 aliphatic carbocycles. The number of nitrogens with one attached hydrogen (secondary N) is 2. The van der Waals surface area contributed by atoms with Crippen molar-refractivity contribution in [3.8, 4) is 16.9 Å². The third-order valence-electron chi connectivity index (χ3n) is 6.78. The van der Waals surface area contributed by atoms with Crippen molar-refractivity contribution in [1.82, 2.24) is 15.0 Å². The standard InChI is InChI=1S/C26H28N4O2/c1-2-10-21(31)28-29-25-27-23-20-14-7-6-11-18(20)17-26(15-8-9-16-26)22(23)24(32)30(25)19-12-4-3-5-13-19/h3-7,11-14H,2,8-10,15-17H2,1H3,(H,27,29)(H,28,31). The van der Waals surface area contributed by atoms with Crippen LogP contribution in [0, 0.1) is 0 Å². The molecule has 6 heteroatoms. The summed E-state index contributed by atoms with van der Waals surface area (Å²) in [6.07, 6.45) is 6.27. The smallest absolute Gasteiger partial charge is 0.263 e. The third-order valence-corrected chi connectivity index (χ3v) is 6.78. The lowest BCUT2D eigenvalue weighted by Crippen LogP contribution is -2.41. The highest BCUT2D eigenvalue weighted by Crippen LogP contribution is 2.49. The number of fused-ring (bicyclic) bond motifs is 4. The average Bonchev–Trinajstić information content (AvgIpc) is 3.26. The van der Waals surface area contributed by atoms with Crippen LogP contribution in [0.25, 0.3) is 16.9 Å². The van der Waals surface area contributed by atoms with Gasteiger partial charge in [-0.2, -0.15) is 0 Å². The summed E-state index contributed by atoms with van der Waals surface area (Å²) < 4.78 is 1.61. The zero-order chi connectivity index (χ0) is 22.1. The van der Waals surface area contributed by atoms with Gasteiger partial charge in [0.25, 0.3) is 5.56 Å². The highest BCUT2D eigenvalue weighted by atomic mass is 16.2. The summed E-state index contributed by atoms with van der Waals surface area (Å²) in [7, 11) is 0. The van der Waals surface area contributed by atoms with Gasteiger partial charge in [-0.05, 0) is 43.4 Å². The van der Waals surface area contributed by atoms with E-state index in [0.717, 1.165) is 61.0 Å². The Bertz CT molecular complexity index is 1210. The van der Waals surface area contributed by atoms with Crippen molar-refractivity contribution in [3.05, 3.63) is 76.1 Å². The minimum Gasteiger partial charge on any atom is -0.273 e. The average molecular weight is 429 g/mol. The summed E-state index contributed by atoms with van der Waals surface area (Å²) in [6.45, 7) is 1.95. The van der Waals surface area contributed by atoms with Gasteiger partial charge in [0, 0.05) is 17.4 Å². The maximum absolute atomic E-state index is 14.1. The van der Waals surface area contributed by atoms with Gasteiger partial charge < -0.3 is 0 Å². The Kier molecular flexibility index (Phi) is 5.29. The molecule has 1 saturated carbocycles. The molecule has 1 amide bonds. The normalized spacial score (nSPS) is 15.8. The van der Waals surface area contributed by atoms with Crippen LogP contribution < -0.4 is 16.4 Å². The molecule has 32 heavy (non-hydrogen) atoms. The fourth-order valence-electron chi connectivity index (χ4n) is 5.35. The Morgan fingerprint density at radius 3 is 2.53 bits per heavy atom. The highest BCUT2D eigenvalue weighted by molar-refractivity contribution is 5.77. The number of hydrogen-bond donors (Lipinski definition) is 2. The number of para-hydroxylation sites is 1. The number of nitrogens with zero attached hydrogens (tertiary/aromatic N) is 2. The van der Waals surface area contributed by atoms with E-state index in [1.54, 1.807) is 4.57 Å². The first kappa shape index (κ1) is 20.5. The first-order chi connectivity index (χ1) is 15.6. The van der Waals surface area contributed by atoms with Crippen molar-refractivity contribution in [2.75, 3.05) is 5.43 Å². The van der Waals surface area contributed by atoms with E-state index in [1.165, 1.54) is 5.56 Å². The predicted octanol–water partition coefficient (Wildman–Crippen LogP) is 4.51. The van der Waals surface area contributed by atoms with Crippen LogP contribution in [0.3, 0.4) is 0 Å². The summed E-state index contributed by atoms with van der Waals surface area (Å²) >= 11 is 0. The van der Waals surface area contributed by atoms with Crippen LogP contribution in [0.5, 0.6) is 0 Å². The van der Waals surface area contributed by atoms with Crippen molar-refractivity contribution in [2.45, 2.75) is 57.3 Å². The van der Waals surface area contributed by atoms with E-state index < -0.39 is 0 Å². The zero-order valence-electron chi connectivity index (χ0n) is 18.4. The molecule has 3 aromatic rings. The zero-order valence-corrected chi connectivity index (χ0v) is 18.4. The SMILES string of the molecule is CCCC(=O)NNc1nc2c(c(=O)n1-c1ccccc1)C1(CCCC1)Cc1ccccc1-2. The van der Waals surface area contributed by atoms with Gasteiger partial charge in [0.1, 0.15) is 0 Å². The Hall–Kier alpha value is -3.41. The molecule has 2 aromatic carbocycles. The second kappa shape index (κ2) is 8.26. The Labute approximate surface area is 187 Å². The van der Waals surface area contributed by atoms with E-state index in [2.05, 4.69) is 29.1 Å². The molecule has 0 bridgehead atoms. The van der Waals surface area contributed by atoms with Crippen LogP contribution in [-0.4, -0.2) is 15.5 Å². The quantitative estimate of drug-likeness (QED) is 0.586. The van der Waals surface area contributed by atoms with Gasteiger partial charge in [-0.1, -0.05) is 62.2 Å². The van der Waals surface area contributed by atoms with Crippen LogP contribution in [0.2, 0.25) is 0 Å². The fourth-order valence-corrected chi connectivity index (χ4v) is 5.35. The molecule has 0 aliphatic heterocycles. The van der Waals surface area contributed by atoms with Crippen molar-refractivity contribution in [2.24, 2.45) is 0 Å². The molecule has 0 saturated heterocycles. The maximum atomic E-state index is 14.1. The van der Waals surface area contributed by atoms with Crippen LogP contribution in [-0.2, 0) is 16.6 Å². The van der Waals surface area contributed by atoms with Gasteiger partial charge in [-0.3, -0.25) is 20.4 Å². The minimum absolute atomic E-state index is 0.0511. The van der Waals surface area contributed by atoms with Gasteiger partial charge in [0.05, 0.1) is 16.9 Å². The molecule has 1 fully saturated rings. The van der Waals surface area contributed by atoms with E-state index in [0.29, 0.717) is 12.4 Å². The molecule has 0 radical (unpaired) electrons. The van der Waals surface area contributed by atoms with Crippen molar-refractivity contribution < 1.29 is 4.79 Å². The second-order valence-corrected chi connectivity index (χ2v) is 8.88. The van der Waals surface area contributed by atoms with Crippen molar-refractivity contribution in [1.29, 1.82) is 0 Å². The molecular formula is C26H28N4O2. The number of rotatable bonds is 5. The van der Waals surface area contributed by atoms with Gasteiger partial charge in [0.15, 0.2) is 0 Å². The van der Waals surface area contributed by atoms with Crippen LogP contribution in [0.1, 0.15) is 56.6 Å². The molecular weight excluding hydrogens is 400 g/mol. The maximum Gasteiger partial charge on any atom is 0.263 e. The molecule has 5 rings (SSSR count). The van der Waals surface area contributed by atoms with Gasteiger partial charge in [-0.25, -0.2) is 9.55 Å². The first-order valence-corrected chi connectivity index (χ1v) is 11.5. The second-order valence-electron chi connectivity index (χ2n) is 8.88. The number of aromatic nitrogens is 2. The summed E-state index contributed by atoms with van der Waals surface area (Å²) in [4.78, 5) is 31.3. The van der Waals surface area contributed by atoms with Gasteiger partial charge in [0.2, 0.25) is 11.9 Å². The lowest BCUT2D eigenvalue weighted by Gasteiger charge is -2.36. The van der Waals surface area contributed by atoms with E-state index in [1.807, 2.05) is 43.3 Å². The number of amides is 1. The van der Waals surface area contributed by atoms with Crippen molar-refractivity contribution >= 4 is 11.9 Å². The number of carbonyl (C=O) groups is 1. The lowest BCUT2D eigenvalue weighted by atomic mass is 9.68. The van der Waals surface area contributed by atoms with Gasteiger partial charge >= 0.3 is 0 Å². The molecule has 2 aliphatic rings. The first-order valence-electron chi connectivity index (χ1n) is 11.5. The van der Waals surface area contributed by atoms with E-state index in [9.17, 15) is 9.59 Å². The largest absolute Gasteiger partial charge is 0.273 e. The number of hydrogen-bond acceptors (Lipinski definition) is 4. The summed E-state index contributed by atoms with van der Waals surface area (Å²) in [5.41, 5.74) is 10.0. The summed E-state index contributed by atoms with van der Waals surface area (Å²) in [5, 5.41) is 0. The van der Waals surface area contributed by atoms with E-state index in [-0.39, 0.29) is 16.9 Å². The Morgan fingerprint density at radius 2 is 1.78 bits per heavy atom. The third kappa shape index (κ3) is 3.40. The molecule has 1 spiro atoms. The number of anilines is 1. The number of hydrazine groups is 1. The Morgan fingerprint density at radius 1 is 1.06 bits per heavy atom. The number of benzene rings is 2. The monoisotopic (exact) mass is 428 g/mol. The molecule has 6 nitrogen and oxygen atoms in total. The molecule has 164 valence electrons. The van der Waals surface area contributed by atoms with E-state index >= 15 is 0 Å². The minimum atomic E-state index is -0.172. The molecule has 0 unspecified atom stereocenters. The predicted molar refractivity (Wildman–Crippen MR) is 126 cm³/mol. The fraction of sp³-hybridized carbons (Fsp3) is 0.346. The molecule has 1 aromatic heterocycles.